The predicted octanol–water partition coefficient (Wildman–Crippen LogP) is 3.23. The minimum Gasteiger partial charge on any atom is -0.258 e. The lowest BCUT2D eigenvalue weighted by Gasteiger charge is -2.14. The second-order valence-electron chi connectivity index (χ2n) is 2.90. The van der Waals surface area contributed by atoms with Crippen molar-refractivity contribution in [2.24, 2.45) is 5.18 Å². The van der Waals surface area contributed by atoms with Crippen molar-refractivity contribution in [3.63, 3.8) is 0 Å². The number of nitro benzene ring substituents is 1. The van der Waals surface area contributed by atoms with Crippen LogP contribution in [-0.4, -0.2) is 10.3 Å². The molecule has 1 rings (SSSR count). The number of nitro groups is 1. The number of nitroso groups, excluding NO2 is 1. The van der Waals surface area contributed by atoms with E-state index in [4.69, 9.17) is 0 Å². The number of alkyl halides is 3. The second kappa shape index (κ2) is 4.48. The molecule has 0 saturated carbocycles. The van der Waals surface area contributed by atoms with Crippen LogP contribution in [0.1, 0.15) is 11.6 Å². The average Bonchev–Trinajstić information content (AvgIpc) is 2.17. The lowest BCUT2D eigenvalue weighted by atomic mass is 10.1. The Morgan fingerprint density at radius 2 is 2.12 bits per heavy atom. The molecule has 1 atom stereocenters. The van der Waals surface area contributed by atoms with E-state index >= 15 is 0 Å². The molecule has 0 heterocycles. The van der Waals surface area contributed by atoms with Gasteiger partial charge in [-0.3, -0.25) is 10.1 Å². The van der Waals surface area contributed by atoms with Crippen molar-refractivity contribution in [3.8, 4) is 0 Å². The standard InChI is InChI=1S/C8H5ClF2N2O3/c9-8(10,11)7(12-14)5-2-1-3-6(4-5)13(15)16/h1-4,7H. The molecule has 0 aliphatic rings. The first-order valence-electron chi connectivity index (χ1n) is 4.00. The van der Waals surface area contributed by atoms with Gasteiger partial charge in [0, 0.05) is 12.1 Å². The Kier molecular flexibility index (Phi) is 3.48. The zero-order valence-electron chi connectivity index (χ0n) is 7.64. The van der Waals surface area contributed by atoms with E-state index in [-0.39, 0.29) is 5.56 Å². The summed E-state index contributed by atoms with van der Waals surface area (Å²) in [5.74, 6) is 0. The van der Waals surface area contributed by atoms with Crippen molar-refractivity contribution < 1.29 is 13.7 Å². The Morgan fingerprint density at radius 3 is 2.56 bits per heavy atom. The molecular weight excluding hydrogens is 246 g/mol. The molecule has 0 radical (unpaired) electrons. The van der Waals surface area contributed by atoms with Crippen LogP contribution in [0.5, 0.6) is 0 Å². The fourth-order valence-corrected chi connectivity index (χ4v) is 1.28. The third kappa shape index (κ3) is 2.69. The summed E-state index contributed by atoms with van der Waals surface area (Å²) < 4.78 is 25.4. The fourth-order valence-electron chi connectivity index (χ4n) is 1.12. The van der Waals surface area contributed by atoms with Gasteiger partial charge in [-0.15, -0.1) is 4.91 Å². The molecule has 1 unspecified atom stereocenters. The quantitative estimate of drug-likeness (QED) is 0.356. The Hall–Kier alpha value is -1.63. The molecule has 5 nitrogen and oxygen atoms in total. The van der Waals surface area contributed by atoms with Crippen molar-refractivity contribution in [2.45, 2.75) is 11.4 Å². The Morgan fingerprint density at radius 1 is 1.50 bits per heavy atom. The zero-order chi connectivity index (χ0) is 12.3. The highest BCUT2D eigenvalue weighted by atomic mass is 35.5. The van der Waals surface area contributed by atoms with E-state index in [0.717, 1.165) is 18.2 Å². The Bertz CT molecular complexity index is 422. The first kappa shape index (κ1) is 12.4. The van der Waals surface area contributed by atoms with Crippen LogP contribution in [0.3, 0.4) is 0 Å². The highest BCUT2D eigenvalue weighted by Crippen LogP contribution is 2.38. The molecular formula is C8H5ClF2N2O3. The van der Waals surface area contributed by atoms with Crippen LogP contribution in [-0.2, 0) is 0 Å². The van der Waals surface area contributed by atoms with Crippen molar-refractivity contribution in [1.82, 2.24) is 0 Å². The molecule has 0 aliphatic carbocycles. The molecule has 8 heteroatoms. The molecule has 16 heavy (non-hydrogen) atoms. The van der Waals surface area contributed by atoms with E-state index in [9.17, 15) is 23.8 Å². The molecule has 0 bridgehead atoms. The summed E-state index contributed by atoms with van der Waals surface area (Å²) in [6.45, 7) is 0. The largest absolute Gasteiger partial charge is 0.351 e. The van der Waals surface area contributed by atoms with Gasteiger partial charge in [0.15, 0.2) is 6.04 Å². The molecule has 0 aliphatic heterocycles. The molecule has 0 amide bonds. The van der Waals surface area contributed by atoms with Gasteiger partial charge in [-0.2, -0.15) is 8.78 Å². The number of non-ortho nitro benzene ring substituents is 1. The first-order chi connectivity index (χ1) is 7.36. The van der Waals surface area contributed by atoms with E-state index in [1.54, 1.807) is 0 Å². The molecule has 1 aromatic rings. The number of nitrogens with zero attached hydrogens (tertiary/aromatic N) is 2. The first-order valence-corrected chi connectivity index (χ1v) is 4.37. The van der Waals surface area contributed by atoms with E-state index in [2.05, 4.69) is 16.8 Å². The van der Waals surface area contributed by atoms with E-state index in [1.165, 1.54) is 6.07 Å². The summed E-state index contributed by atoms with van der Waals surface area (Å²) in [7, 11) is 0. The van der Waals surface area contributed by atoms with E-state index in [1.807, 2.05) is 0 Å². The molecule has 0 spiro atoms. The number of benzene rings is 1. The van der Waals surface area contributed by atoms with Crippen LogP contribution >= 0.6 is 11.6 Å². The highest BCUT2D eigenvalue weighted by molar-refractivity contribution is 6.22. The second-order valence-corrected chi connectivity index (χ2v) is 3.41. The predicted molar refractivity (Wildman–Crippen MR) is 52.4 cm³/mol. The third-order valence-corrected chi connectivity index (χ3v) is 2.02. The lowest BCUT2D eigenvalue weighted by molar-refractivity contribution is -0.384. The smallest absolute Gasteiger partial charge is 0.258 e. The highest BCUT2D eigenvalue weighted by Gasteiger charge is 2.40. The lowest BCUT2D eigenvalue weighted by Crippen LogP contribution is -2.17. The van der Waals surface area contributed by atoms with E-state index in [0.29, 0.717) is 0 Å². The summed E-state index contributed by atoms with van der Waals surface area (Å²) in [4.78, 5) is 19.9. The van der Waals surface area contributed by atoms with Crippen LogP contribution in [0.25, 0.3) is 0 Å². The summed E-state index contributed by atoms with van der Waals surface area (Å²) >= 11 is 4.67. The van der Waals surface area contributed by atoms with Crippen molar-refractivity contribution >= 4 is 17.3 Å². The average molecular weight is 251 g/mol. The molecule has 0 fully saturated rings. The van der Waals surface area contributed by atoms with Gasteiger partial charge in [-0.1, -0.05) is 17.3 Å². The Balaban J connectivity index is 3.16. The van der Waals surface area contributed by atoms with Gasteiger partial charge in [0.25, 0.3) is 5.69 Å². The number of hydrogen-bond donors (Lipinski definition) is 0. The SMILES string of the molecule is O=NC(c1cccc([N+](=O)[O-])c1)C(F)(F)Cl. The van der Waals surface area contributed by atoms with Crippen LogP contribution < -0.4 is 0 Å². The maximum absolute atomic E-state index is 12.7. The number of rotatable bonds is 4. The van der Waals surface area contributed by atoms with Crippen molar-refractivity contribution in [2.75, 3.05) is 0 Å². The van der Waals surface area contributed by atoms with E-state index < -0.39 is 22.0 Å². The van der Waals surface area contributed by atoms with Gasteiger partial charge in [-0.05, 0) is 17.2 Å². The molecule has 0 N–H and O–H groups in total. The van der Waals surface area contributed by atoms with Gasteiger partial charge >= 0.3 is 5.38 Å². The van der Waals surface area contributed by atoms with Crippen LogP contribution in [0.4, 0.5) is 14.5 Å². The minimum atomic E-state index is -3.88. The maximum Gasteiger partial charge on any atom is 0.351 e. The fraction of sp³-hybridized carbons (Fsp3) is 0.250. The monoisotopic (exact) mass is 250 g/mol. The van der Waals surface area contributed by atoms with Gasteiger partial charge in [0.05, 0.1) is 4.92 Å². The van der Waals surface area contributed by atoms with Gasteiger partial charge in [0.2, 0.25) is 0 Å². The molecule has 1 aromatic carbocycles. The van der Waals surface area contributed by atoms with Crippen LogP contribution in [0, 0.1) is 15.0 Å². The maximum atomic E-state index is 12.7. The van der Waals surface area contributed by atoms with Crippen LogP contribution in [0.2, 0.25) is 0 Å². The molecule has 0 saturated heterocycles. The third-order valence-electron chi connectivity index (χ3n) is 1.81. The summed E-state index contributed by atoms with van der Waals surface area (Å²) in [6, 6.07) is 2.10. The summed E-state index contributed by atoms with van der Waals surface area (Å²) in [5, 5.41) is 8.69. The topological polar surface area (TPSA) is 72.6 Å². The van der Waals surface area contributed by atoms with Crippen LogP contribution in [0.15, 0.2) is 29.4 Å². The number of halogens is 3. The summed E-state index contributed by atoms with van der Waals surface area (Å²) in [5.41, 5.74) is -0.712. The normalized spacial score (nSPS) is 13.2. The minimum absolute atomic E-state index is 0.302. The van der Waals surface area contributed by atoms with Gasteiger partial charge < -0.3 is 0 Å². The van der Waals surface area contributed by atoms with Crippen molar-refractivity contribution in [3.05, 3.63) is 44.9 Å². The molecule has 0 aromatic heterocycles. The number of hydrogen-bond acceptors (Lipinski definition) is 4. The summed E-state index contributed by atoms with van der Waals surface area (Å²) in [6.07, 6.45) is 0. The zero-order valence-corrected chi connectivity index (χ0v) is 8.40. The van der Waals surface area contributed by atoms with Gasteiger partial charge in [-0.25, -0.2) is 0 Å². The van der Waals surface area contributed by atoms with Crippen molar-refractivity contribution in [1.29, 1.82) is 0 Å². The van der Waals surface area contributed by atoms with Gasteiger partial charge in [0.1, 0.15) is 0 Å². The molecule has 86 valence electrons. The Labute approximate surface area is 93.1 Å².